The third kappa shape index (κ3) is 2.73. The number of rotatable bonds is 5. The van der Waals surface area contributed by atoms with Gasteiger partial charge in [0, 0.05) is 12.7 Å². The monoisotopic (exact) mass is 279 g/mol. The number of fused-ring (bicyclic) bond motifs is 2. The minimum Gasteiger partial charge on any atom is -0.382 e. The molecular weight excluding hydrogens is 258 g/mol. The topological polar surface area (TPSA) is 29.9 Å². The van der Waals surface area contributed by atoms with Crippen molar-refractivity contribution in [3.8, 4) is 0 Å². The van der Waals surface area contributed by atoms with E-state index < -0.39 is 0 Å². The summed E-state index contributed by atoms with van der Waals surface area (Å²) in [6.45, 7) is 1.90. The molecule has 1 N–H and O–H groups in total. The highest BCUT2D eigenvalue weighted by Gasteiger charge is 2.35. The third-order valence-electron chi connectivity index (χ3n) is 4.81. The SMILES string of the molecule is C1=CC2CC1CC2CNc1cnn(Cc2ccccc2)c1. The molecule has 1 aromatic carbocycles. The van der Waals surface area contributed by atoms with Crippen LogP contribution in [-0.2, 0) is 6.54 Å². The Morgan fingerprint density at radius 2 is 2.05 bits per heavy atom. The molecule has 4 rings (SSSR count). The van der Waals surface area contributed by atoms with Gasteiger partial charge in [0.15, 0.2) is 0 Å². The summed E-state index contributed by atoms with van der Waals surface area (Å²) in [6, 6.07) is 10.5. The van der Waals surface area contributed by atoms with E-state index in [9.17, 15) is 0 Å². The predicted molar refractivity (Wildman–Crippen MR) is 85.1 cm³/mol. The van der Waals surface area contributed by atoms with Crippen molar-refractivity contribution in [2.75, 3.05) is 11.9 Å². The van der Waals surface area contributed by atoms with Crippen LogP contribution in [0.15, 0.2) is 54.9 Å². The molecule has 2 aliphatic carbocycles. The maximum Gasteiger partial charge on any atom is 0.0726 e. The van der Waals surface area contributed by atoms with Gasteiger partial charge in [0.1, 0.15) is 0 Å². The van der Waals surface area contributed by atoms with E-state index in [1.807, 2.05) is 16.9 Å². The van der Waals surface area contributed by atoms with E-state index in [2.05, 4.69) is 53.0 Å². The quantitative estimate of drug-likeness (QED) is 0.848. The van der Waals surface area contributed by atoms with E-state index in [0.717, 1.165) is 36.5 Å². The van der Waals surface area contributed by atoms with Crippen LogP contribution < -0.4 is 5.32 Å². The zero-order chi connectivity index (χ0) is 14.1. The molecule has 0 amide bonds. The molecule has 0 saturated heterocycles. The number of allylic oxidation sites excluding steroid dienone is 2. The fourth-order valence-corrected chi connectivity index (χ4v) is 3.69. The van der Waals surface area contributed by atoms with Crippen LogP contribution in [-0.4, -0.2) is 16.3 Å². The van der Waals surface area contributed by atoms with Crippen LogP contribution in [0.1, 0.15) is 18.4 Å². The highest BCUT2D eigenvalue weighted by atomic mass is 15.3. The number of nitrogens with one attached hydrogen (secondary N) is 1. The summed E-state index contributed by atoms with van der Waals surface area (Å²) >= 11 is 0. The van der Waals surface area contributed by atoms with E-state index in [1.165, 1.54) is 18.4 Å². The van der Waals surface area contributed by atoms with Crippen molar-refractivity contribution in [3.05, 3.63) is 60.4 Å². The first-order valence-electron chi connectivity index (χ1n) is 7.85. The summed E-state index contributed by atoms with van der Waals surface area (Å²) in [5, 5.41) is 8.01. The van der Waals surface area contributed by atoms with Crippen LogP contribution in [0.4, 0.5) is 5.69 Å². The first-order chi connectivity index (χ1) is 10.4. The minimum atomic E-state index is 0.803. The van der Waals surface area contributed by atoms with Gasteiger partial charge in [-0.05, 0) is 36.2 Å². The van der Waals surface area contributed by atoms with Gasteiger partial charge in [-0.1, -0.05) is 42.5 Å². The molecule has 108 valence electrons. The van der Waals surface area contributed by atoms with Crippen molar-refractivity contribution < 1.29 is 0 Å². The highest BCUT2D eigenvalue weighted by Crippen LogP contribution is 2.43. The lowest BCUT2D eigenvalue weighted by atomic mass is 9.94. The van der Waals surface area contributed by atoms with Gasteiger partial charge in [0.2, 0.25) is 0 Å². The summed E-state index contributed by atoms with van der Waals surface area (Å²) in [7, 11) is 0. The second-order valence-electron chi connectivity index (χ2n) is 6.33. The molecule has 21 heavy (non-hydrogen) atoms. The average Bonchev–Trinajstić information content (AvgIpc) is 3.22. The van der Waals surface area contributed by atoms with Crippen molar-refractivity contribution in [3.63, 3.8) is 0 Å². The van der Waals surface area contributed by atoms with Gasteiger partial charge in [0.05, 0.1) is 18.4 Å². The molecule has 1 fully saturated rings. The lowest BCUT2D eigenvalue weighted by Crippen LogP contribution is -2.18. The molecule has 0 radical (unpaired) electrons. The van der Waals surface area contributed by atoms with Crippen LogP contribution in [0.3, 0.4) is 0 Å². The van der Waals surface area contributed by atoms with Crippen molar-refractivity contribution in [1.82, 2.24) is 9.78 Å². The lowest BCUT2D eigenvalue weighted by Gasteiger charge is -2.18. The molecule has 3 unspecified atom stereocenters. The molecule has 2 aromatic rings. The Kier molecular flexibility index (Phi) is 3.26. The Bertz CT molecular complexity index is 629. The Hall–Kier alpha value is -2.03. The summed E-state index contributed by atoms with van der Waals surface area (Å²) < 4.78 is 2.00. The summed E-state index contributed by atoms with van der Waals surface area (Å²) in [5.74, 6) is 2.46. The van der Waals surface area contributed by atoms with E-state index in [4.69, 9.17) is 0 Å². The Morgan fingerprint density at radius 3 is 2.81 bits per heavy atom. The van der Waals surface area contributed by atoms with E-state index >= 15 is 0 Å². The molecule has 3 atom stereocenters. The molecule has 1 aromatic heterocycles. The van der Waals surface area contributed by atoms with Gasteiger partial charge < -0.3 is 5.32 Å². The van der Waals surface area contributed by atoms with Gasteiger partial charge in [-0.2, -0.15) is 5.10 Å². The fraction of sp³-hybridized carbons (Fsp3) is 0.389. The molecule has 2 bridgehead atoms. The number of aromatic nitrogens is 2. The Morgan fingerprint density at radius 1 is 1.14 bits per heavy atom. The number of hydrogen-bond acceptors (Lipinski definition) is 2. The number of benzene rings is 1. The maximum absolute atomic E-state index is 4.44. The fourth-order valence-electron chi connectivity index (χ4n) is 3.69. The average molecular weight is 279 g/mol. The van der Waals surface area contributed by atoms with Crippen LogP contribution in [0.25, 0.3) is 0 Å². The maximum atomic E-state index is 4.44. The molecule has 1 saturated carbocycles. The summed E-state index contributed by atoms with van der Waals surface area (Å²) in [6.07, 6.45) is 11.6. The van der Waals surface area contributed by atoms with Crippen molar-refractivity contribution in [1.29, 1.82) is 0 Å². The second kappa shape index (κ2) is 5.40. The minimum absolute atomic E-state index is 0.803. The van der Waals surface area contributed by atoms with Gasteiger partial charge in [-0.3, -0.25) is 4.68 Å². The Labute approximate surface area is 125 Å². The molecule has 0 spiro atoms. The van der Waals surface area contributed by atoms with Crippen LogP contribution in [0.2, 0.25) is 0 Å². The zero-order valence-electron chi connectivity index (χ0n) is 12.2. The highest BCUT2D eigenvalue weighted by molar-refractivity contribution is 5.38. The van der Waals surface area contributed by atoms with Gasteiger partial charge in [-0.25, -0.2) is 0 Å². The second-order valence-corrected chi connectivity index (χ2v) is 6.33. The number of hydrogen-bond donors (Lipinski definition) is 1. The zero-order valence-corrected chi connectivity index (χ0v) is 12.2. The van der Waals surface area contributed by atoms with Crippen molar-refractivity contribution in [2.45, 2.75) is 19.4 Å². The van der Waals surface area contributed by atoms with Crippen molar-refractivity contribution >= 4 is 5.69 Å². The normalized spacial score (nSPS) is 26.4. The molecule has 3 heteroatoms. The Balaban J connectivity index is 1.33. The van der Waals surface area contributed by atoms with Gasteiger partial charge in [0.25, 0.3) is 0 Å². The molecular formula is C18H21N3. The third-order valence-corrected chi connectivity index (χ3v) is 4.81. The lowest BCUT2D eigenvalue weighted by molar-refractivity contribution is 0.472. The van der Waals surface area contributed by atoms with E-state index in [1.54, 1.807) is 0 Å². The first-order valence-corrected chi connectivity index (χ1v) is 7.85. The molecule has 0 aliphatic heterocycles. The van der Waals surface area contributed by atoms with Gasteiger partial charge in [-0.15, -0.1) is 0 Å². The molecule has 3 nitrogen and oxygen atoms in total. The molecule has 2 aliphatic rings. The number of anilines is 1. The smallest absolute Gasteiger partial charge is 0.0726 e. The number of nitrogens with zero attached hydrogens (tertiary/aromatic N) is 2. The van der Waals surface area contributed by atoms with Crippen molar-refractivity contribution in [2.24, 2.45) is 17.8 Å². The standard InChI is InChI=1S/C18H21N3/c1-2-4-14(5-3-1)12-21-13-18(11-20-21)19-10-17-9-15-6-7-16(17)8-15/h1-7,11,13,15-17,19H,8-10,12H2. The largest absolute Gasteiger partial charge is 0.382 e. The summed E-state index contributed by atoms with van der Waals surface area (Å²) in [5.41, 5.74) is 2.42. The predicted octanol–water partition coefficient (Wildman–Crippen LogP) is 3.56. The first kappa shape index (κ1) is 12.7. The summed E-state index contributed by atoms with van der Waals surface area (Å²) in [4.78, 5) is 0. The van der Waals surface area contributed by atoms with E-state index in [-0.39, 0.29) is 0 Å². The molecule has 1 heterocycles. The van der Waals surface area contributed by atoms with Crippen LogP contribution >= 0.6 is 0 Å². The van der Waals surface area contributed by atoms with E-state index in [0.29, 0.717) is 0 Å². The van der Waals surface area contributed by atoms with Crippen LogP contribution in [0, 0.1) is 17.8 Å². The van der Waals surface area contributed by atoms with Gasteiger partial charge >= 0.3 is 0 Å². The van der Waals surface area contributed by atoms with Crippen LogP contribution in [0.5, 0.6) is 0 Å².